The maximum absolute atomic E-state index is 11.0. The van der Waals surface area contributed by atoms with Gasteiger partial charge >= 0.3 is 0 Å². The molecule has 1 amide bonds. The molecule has 19 heavy (non-hydrogen) atoms. The van der Waals surface area contributed by atoms with Crippen LogP contribution in [0.5, 0.6) is 0 Å². The lowest BCUT2D eigenvalue weighted by atomic mass is 10.0. The minimum Gasteiger partial charge on any atom is -0.364 e. The second-order valence-corrected chi connectivity index (χ2v) is 4.80. The molecule has 1 aromatic heterocycles. The fourth-order valence-electron chi connectivity index (χ4n) is 2.00. The van der Waals surface area contributed by atoms with Crippen molar-refractivity contribution < 1.29 is 4.79 Å². The molecule has 0 saturated carbocycles. The molecule has 1 heterocycles. The molecule has 5 nitrogen and oxygen atoms in total. The van der Waals surface area contributed by atoms with Crippen LogP contribution in [-0.4, -0.2) is 21.7 Å². The van der Waals surface area contributed by atoms with Crippen molar-refractivity contribution in [2.24, 2.45) is 11.5 Å². The van der Waals surface area contributed by atoms with Gasteiger partial charge in [0, 0.05) is 12.2 Å². The maximum atomic E-state index is 11.0. The van der Waals surface area contributed by atoms with Gasteiger partial charge in [0.05, 0.1) is 5.69 Å². The highest BCUT2D eigenvalue weighted by atomic mass is 16.1. The van der Waals surface area contributed by atoms with E-state index in [1.807, 2.05) is 32.0 Å². The number of aromatic nitrogens is 2. The van der Waals surface area contributed by atoms with Gasteiger partial charge in [-0.3, -0.25) is 4.79 Å². The minimum absolute atomic E-state index is 0.135. The third-order valence-corrected chi connectivity index (χ3v) is 2.97. The Balaban J connectivity index is 2.30. The monoisotopic (exact) mass is 258 g/mol. The van der Waals surface area contributed by atoms with Crippen LogP contribution in [0.1, 0.15) is 28.5 Å². The number of aryl methyl sites for hydroxylation is 1. The summed E-state index contributed by atoms with van der Waals surface area (Å²) in [5.41, 5.74) is 14.5. The number of nitrogens with zero attached hydrogens (tertiary/aromatic N) is 2. The summed E-state index contributed by atoms with van der Waals surface area (Å²) < 4.78 is 1.64. The quantitative estimate of drug-likeness (QED) is 0.863. The fourth-order valence-corrected chi connectivity index (χ4v) is 2.00. The molecule has 0 spiro atoms. The third-order valence-electron chi connectivity index (χ3n) is 2.97. The van der Waals surface area contributed by atoms with Crippen molar-refractivity contribution in [1.82, 2.24) is 9.78 Å². The molecule has 100 valence electrons. The summed E-state index contributed by atoms with van der Waals surface area (Å²) in [6.45, 7) is 4.03. The van der Waals surface area contributed by atoms with Gasteiger partial charge in [0.25, 0.3) is 5.91 Å². The predicted octanol–water partition coefficient (Wildman–Crippen LogP) is 1.17. The van der Waals surface area contributed by atoms with Crippen molar-refractivity contribution in [3.05, 3.63) is 47.3 Å². The van der Waals surface area contributed by atoms with Crippen LogP contribution in [0, 0.1) is 6.92 Å². The van der Waals surface area contributed by atoms with E-state index in [2.05, 4.69) is 5.10 Å². The molecule has 0 bridgehead atoms. The van der Waals surface area contributed by atoms with Crippen LogP contribution in [0.25, 0.3) is 5.69 Å². The second kappa shape index (κ2) is 5.24. The Morgan fingerprint density at radius 2 is 2.16 bits per heavy atom. The molecular weight excluding hydrogens is 240 g/mol. The van der Waals surface area contributed by atoms with E-state index in [1.165, 1.54) is 5.56 Å². The van der Waals surface area contributed by atoms with Crippen LogP contribution in [0.15, 0.2) is 30.5 Å². The average Bonchev–Trinajstić information content (AvgIpc) is 2.80. The summed E-state index contributed by atoms with van der Waals surface area (Å²) >= 11 is 0. The Morgan fingerprint density at radius 3 is 2.68 bits per heavy atom. The lowest BCUT2D eigenvalue weighted by Crippen LogP contribution is -2.18. The van der Waals surface area contributed by atoms with Gasteiger partial charge < -0.3 is 11.5 Å². The Kier molecular flexibility index (Phi) is 3.66. The summed E-state index contributed by atoms with van der Waals surface area (Å²) in [5.74, 6) is -0.524. The summed E-state index contributed by atoms with van der Waals surface area (Å²) in [5, 5.41) is 4.13. The Morgan fingerprint density at radius 1 is 1.42 bits per heavy atom. The number of hydrogen-bond donors (Lipinski definition) is 2. The van der Waals surface area contributed by atoms with E-state index in [0.717, 1.165) is 17.7 Å². The molecule has 1 atom stereocenters. The first-order chi connectivity index (χ1) is 8.97. The summed E-state index contributed by atoms with van der Waals surface area (Å²) in [7, 11) is 0. The highest BCUT2D eigenvalue weighted by Crippen LogP contribution is 2.16. The number of nitrogens with two attached hydrogens (primary N) is 2. The normalized spacial score (nSPS) is 12.4. The number of benzene rings is 1. The SMILES string of the molecule is Cc1cc(-n2ccc(C(N)=O)n2)ccc1CC(C)N. The number of rotatable bonds is 4. The molecule has 1 unspecified atom stereocenters. The van der Waals surface area contributed by atoms with Gasteiger partial charge in [0.2, 0.25) is 0 Å². The van der Waals surface area contributed by atoms with Gasteiger partial charge in [-0.1, -0.05) is 6.07 Å². The molecule has 0 aliphatic heterocycles. The van der Waals surface area contributed by atoms with Crippen molar-refractivity contribution >= 4 is 5.91 Å². The zero-order chi connectivity index (χ0) is 14.0. The van der Waals surface area contributed by atoms with Crippen molar-refractivity contribution in [1.29, 1.82) is 0 Å². The van der Waals surface area contributed by atoms with Gasteiger partial charge in [-0.2, -0.15) is 5.10 Å². The van der Waals surface area contributed by atoms with Gasteiger partial charge in [-0.15, -0.1) is 0 Å². The van der Waals surface area contributed by atoms with Crippen LogP contribution in [0.2, 0.25) is 0 Å². The Hall–Kier alpha value is -2.14. The molecule has 0 aliphatic carbocycles. The summed E-state index contributed by atoms with van der Waals surface area (Å²) in [6, 6.07) is 7.77. The molecule has 0 radical (unpaired) electrons. The van der Waals surface area contributed by atoms with E-state index in [1.54, 1.807) is 16.9 Å². The van der Waals surface area contributed by atoms with Crippen molar-refractivity contribution in [2.45, 2.75) is 26.3 Å². The van der Waals surface area contributed by atoms with Gasteiger partial charge in [0.15, 0.2) is 0 Å². The number of carbonyl (C=O) groups is 1. The van der Waals surface area contributed by atoms with E-state index in [9.17, 15) is 4.79 Å². The van der Waals surface area contributed by atoms with Gasteiger partial charge in [-0.25, -0.2) is 4.68 Å². The zero-order valence-corrected chi connectivity index (χ0v) is 11.1. The molecule has 0 aliphatic rings. The van der Waals surface area contributed by atoms with E-state index in [-0.39, 0.29) is 11.7 Å². The van der Waals surface area contributed by atoms with Crippen LogP contribution < -0.4 is 11.5 Å². The molecule has 2 rings (SSSR count). The first-order valence-electron chi connectivity index (χ1n) is 6.18. The molecule has 5 heteroatoms. The standard InChI is InChI=1S/C14H18N4O/c1-9-7-12(4-3-11(9)8-10(2)15)18-6-5-13(17-18)14(16)19/h3-7,10H,8,15H2,1-2H3,(H2,16,19). The Bertz CT molecular complexity index is 601. The lowest BCUT2D eigenvalue weighted by Gasteiger charge is -2.10. The fraction of sp³-hybridized carbons (Fsp3) is 0.286. The number of primary amides is 1. The molecule has 0 fully saturated rings. The number of amides is 1. The van der Waals surface area contributed by atoms with Crippen LogP contribution in [0.4, 0.5) is 0 Å². The highest BCUT2D eigenvalue weighted by Gasteiger charge is 2.08. The average molecular weight is 258 g/mol. The van der Waals surface area contributed by atoms with E-state index in [4.69, 9.17) is 11.5 Å². The molecule has 4 N–H and O–H groups in total. The third kappa shape index (κ3) is 3.00. The summed E-state index contributed by atoms with van der Waals surface area (Å²) in [6.07, 6.45) is 2.57. The highest BCUT2D eigenvalue weighted by molar-refractivity contribution is 5.90. The molecule has 1 aromatic carbocycles. The smallest absolute Gasteiger partial charge is 0.269 e. The second-order valence-electron chi connectivity index (χ2n) is 4.80. The van der Waals surface area contributed by atoms with E-state index < -0.39 is 5.91 Å². The minimum atomic E-state index is -0.524. The number of carbonyl (C=O) groups excluding carboxylic acids is 1. The molecule has 2 aromatic rings. The molecular formula is C14H18N4O. The topological polar surface area (TPSA) is 86.9 Å². The largest absolute Gasteiger partial charge is 0.364 e. The van der Waals surface area contributed by atoms with Crippen molar-refractivity contribution in [3.8, 4) is 5.69 Å². The zero-order valence-electron chi connectivity index (χ0n) is 11.1. The van der Waals surface area contributed by atoms with Crippen LogP contribution in [0.3, 0.4) is 0 Å². The van der Waals surface area contributed by atoms with Gasteiger partial charge in [0.1, 0.15) is 5.69 Å². The lowest BCUT2D eigenvalue weighted by molar-refractivity contribution is 0.0995. The van der Waals surface area contributed by atoms with Crippen molar-refractivity contribution in [2.75, 3.05) is 0 Å². The molecule has 0 saturated heterocycles. The predicted molar refractivity (Wildman–Crippen MR) is 74.2 cm³/mol. The van der Waals surface area contributed by atoms with E-state index in [0.29, 0.717) is 0 Å². The first kappa shape index (κ1) is 13.3. The first-order valence-corrected chi connectivity index (χ1v) is 6.18. The Labute approximate surface area is 112 Å². The van der Waals surface area contributed by atoms with Crippen LogP contribution in [-0.2, 0) is 6.42 Å². The maximum Gasteiger partial charge on any atom is 0.269 e. The van der Waals surface area contributed by atoms with Crippen LogP contribution >= 0.6 is 0 Å². The van der Waals surface area contributed by atoms with E-state index >= 15 is 0 Å². The summed E-state index contributed by atoms with van der Waals surface area (Å²) in [4.78, 5) is 11.0. The number of hydrogen-bond acceptors (Lipinski definition) is 3. The van der Waals surface area contributed by atoms with Gasteiger partial charge in [-0.05, 0) is 49.6 Å². The van der Waals surface area contributed by atoms with Crippen molar-refractivity contribution in [3.63, 3.8) is 0 Å².